The van der Waals surface area contributed by atoms with Crippen molar-refractivity contribution in [3.05, 3.63) is 40.7 Å². The van der Waals surface area contributed by atoms with E-state index in [1.54, 1.807) is 11.3 Å². The number of hydrogen-bond donors (Lipinski definition) is 1. The average molecular weight is 273 g/mol. The normalized spacial score (nSPS) is 16.5. The van der Waals surface area contributed by atoms with E-state index in [-0.39, 0.29) is 6.10 Å². The monoisotopic (exact) mass is 273 g/mol. The Kier molecular flexibility index (Phi) is 3.95. The minimum absolute atomic E-state index is 0.0754. The number of thiazole rings is 1. The third-order valence-corrected chi connectivity index (χ3v) is 4.59. The van der Waals surface area contributed by atoms with Gasteiger partial charge in [0.05, 0.1) is 16.8 Å². The van der Waals surface area contributed by atoms with Gasteiger partial charge in [-0.25, -0.2) is 4.98 Å². The Morgan fingerprint density at radius 1 is 1.26 bits per heavy atom. The Morgan fingerprint density at radius 3 is 2.79 bits per heavy atom. The van der Waals surface area contributed by atoms with E-state index in [2.05, 4.69) is 22.5 Å². The molecule has 1 aliphatic carbocycles. The third kappa shape index (κ3) is 3.43. The zero-order chi connectivity index (χ0) is 13.1. The van der Waals surface area contributed by atoms with Gasteiger partial charge in [0.2, 0.25) is 0 Å². The van der Waals surface area contributed by atoms with E-state index >= 15 is 0 Å². The van der Waals surface area contributed by atoms with E-state index in [0.717, 1.165) is 25.0 Å². The highest BCUT2D eigenvalue weighted by molar-refractivity contribution is 7.09. The summed E-state index contributed by atoms with van der Waals surface area (Å²) in [5.41, 5.74) is 2.26. The van der Waals surface area contributed by atoms with Gasteiger partial charge in [0.25, 0.3) is 0 Å². The van der Waals surface area contributed by atoms with Gasteiger partial charge in [-0.05, 0) is 38.0 Å². The van der Waals surface area contributed by atoms with E-state index in [4.69, 9.17) is 0 Å². The molecule has 19 heavy (non-hydrogen) atoms. The smallest absolute Gasteiger partial charge is 0.0932 e. The van der Waals surface area contributed by atoms with Crippen LogP contribution in [0.3, 0.4) is 0 Å². The molecule has 0 aliphatic heterocycles. The van der Waals surface area contributed by atoms with Crippen LogP contribution < -0.4 is 0 Å². The summed E-state index contributed by atoms with van der Waals surface area (Å²) < 4.78 is 0. The molecule has 1 aromatic heterocycles. The number of aliphatic hydroxyl groups excluding tert-OH is 1. The van der Waals surface area contributed by atoms with Crippen LogP contribution in [-0.2, 0) is 6.42 Å². The number of aromatic nitrogens is 1. The molecule has 1 heterocycles. The molecule has 0 bridgehead atoms. The van der Waals surface area contributed by atoms with Crippen molar-refractivity contribution in [1.29, 1.82) is 0 Å². The van der Waals surface area contributed by atoms with Gasteiger partial charge in [0, 0.05) is 10.9 Å². The van der Waals surface area contributed by atoms with Crippen molar-refractivity contribution in [3.8, 4) is 11.3 Å². The van der Waals surface area contributed by atoms with Crippen molar-refractivity contribution < 1.29 is 5.11 Å². The summed E-state index contributed by atoms with van der Waals surface area (Å²) >= 11 is 1.73. The van der Waals surface area contributed by atoms with Crippen molar-refractivity contribution in [2.75, 3.05) is 0 Å². The van der Waals surface area contributed by atoms with Gasteiger partial charge in [-0.1, -0.05) is 30.3 Å². The minimum atomic E-state index is -0.0754. The maximum absolute atomic E-state index is 9.83. The number of benzene rings is 1. The van der Waals surface area contributed by atoms with E-state index < -0.39 is 0 Å². The Morgan fingerprint density at radius 2 is 2.05 bits per heavy atom. The highest BCUT2D eigenvalue weighted by atomic mass is 32.1. The lowest BCUT2D eigenvalue weighted by molar-refractivity contribution is 0.139. The topological polar surface area (TPSA) is 33.1 Å². The lowest BCUT2D eigenvalue weighted by Gasteiger charge is -2.07. The largest absolute Gasteiger partial charge is 0.393 e. The summed E-state index contributed by atoms with van der Waals surface area (Å²) in [4.78, 5) is 4.67. The van der Waals surface area contributed by atoms with Gasteiger partial charge in [0.15, 0.2) is 0 Å². The molecule has 0 spiro atoms. The van der Waals surface area contributed by atoms with Crippen LogP contribution in [-0.4, -0.2) is 16.2 Å². The second-order valence-corrected chi connectivity index (χ2v) is 6.23. The molecule has 0 radical (unpaired) electrons. The fourth-order valence-electron chi connectivity index (χ4n) is 2.35. The first-order chi connectivity index (χ1) is 9.33. The second-order valence-electron chi connectivity index (χ2n) is 5.29. The summed E-state index contributed by atoms with van der Waals surface area (Å²) in [6.07, 6.45) is 5.31. The molecule has 1 aliphatic rings. The van der Waals surface area contributed by atoms with Gasteiger partial charge in [-0.3, -0.25) is 0 Å². The van der Waals surface area contributed by atoms with Crippen LogP contribution in [0.4, 0.5) is 0 Å². The highest BCUT2D eigenvalue weighted by Gasteiger charge is 2.28. The second kappa shape index (κ2) is 5.85. The summed E-state index contributed by atoms with van der Waals surface area (Å²) in [5, 5.41) is 13.1. The van der Waals surface area contributed by atoms with Gasteiger partial charge in [-0.2, -0.15) is 0 Å². The molecule has 2 aromatic rings. The Bertz CT molecular complexity index is 519. The summed E-state index contributed by atoms with van der Waals surface area (Å²) in [6.45, 7) is 0. The first-order valence-corrected chi connectivity index (χ1v) is 7.89. The van der Waals surface area contributed by atoms with E-state index in [9.17, 15) is 5.11 Å². The predicted octanol–water partition coefficient (Wildman–Crippen LogP) is 3.90. The molecule has 1 atom stereocenters. The van der Waals surface area contributed by atoms with Crippen LogP contribution in [0.1, 0.15) is 30.7 Å². The maximum Gasteiger partial charge on any atom is 0.0932 e. The maximum atomic E-state index is 9.83. The first kappa shape index (κ1) is 12.8. The quantitative estimate of drug-likeness (QED) is 0.865. The number of hydrogen-bond acceptors (Lipinski definition) is 3. The molecule has 0 saturated heterocycles. The molecule has 0 amide bonds. The zero-order valence-electron chi connectivity index (χ0n) is 11.0. The molecular weight excluding hydrogens is 254 g/mol. The van der Waals surface area contributed by atoms with Crippen LogP contribution in [0, 0.1) is 5.92 Å². The van der Waals surface area contributed by atoms with Gasteiger partial charge >= 0.3 is 0 Å². The number of aryl methyl sites for hydroxylation is 1. The molecule has 3 rings (SSSR count). The average Bonchev–Trinajstić information content (AvgIpc) is 3.20. The van der Waals surface area contributed by atoms with Crippen LogP contribution in [0.2, 0.25) is 0 Å². The lowest BCUT2D eigenvalue weighted by Crippen LogP contribution is -2.08. The summed E-state index contributed by atoms with van der Waals surface area (Å²) in [5.74, 6) is 0.594. The van der Waals surface area contributed by atoms with Gasteiger partial charge in [-0.15, -0.1) is 11.3 Å². The SMILES string of the molecule is OC(CCCc1nc(-c2ccccc2)cs1)C1CC1. The fourth-order valence-corrected chi connectivity index (χ4v) is 3.20. The van der Waals surface area contributed by atoms with Crippen LogP contribution in [0.25, 0.3) is 11.3 Å². The summed E-state index contributed by atoms with van der Waals surface area (Å²) in [6, 6.07) is 10.3. The molecule has 1 N–H and O–H groups in total. The Hall–Kier alpha value is -1.19. The van der Waals surface area contributed by atoms with E-state index in [0.29, 0.717) is 5.92 Å². The Labute approximate surface area is 118 Å². The van der Waals surface area contributed by atoms with Crippen molar-refractivity contribution >= 4 is 11.3 Å². The van der Waals surface area contributed by atoms with Crippen molar-refractivity contribution in [3.63, 3.8) is 0 Å². The standard InChI is InChI=1S/C16H19NOS/c18-15(13-9-10-13)7-4-8-16-17-14(11-19-16)12-5-2-1-3-6-12/h1-3,5-6,11,13,15,18H,4,7-10H2. The van der Waals surface area contributed by atoms with Crippen molar-refractivity contribution in [2.45, 2.75) is 38.2 Å². The van der Waals surface area contributed by atoms with Crippen LogP contribution in [0.5, 0.6) is 0 Å². The van der Waals surface area contributed by atoms with Crippen molar-refractivity contribution in [1.82, 2.24) is 4.98 Å². The molecule has 1 fully saturated rings. The molecule has 3 heteroatoms. The van der Waals surface area contributed by atoms with Crippen LogP contribution in [0.15, 0.2) is 35.7 Å². The summed E-state index contributed by atoms with van der Waals surface area (Å²) in [7, 11) is 0. The molecule has 2 nitrogen and oxygen atoms in total. The van der Waals surface area contributed by atoms with Gasteiger partial charge in [0.1, 0.15) is 0 Å². The molecule has 1 aromatic carbocycles. The van der Waals surface area contributed by atoms with Gasteiger partial charge < -0.3 is 5.11 Å². The predicted molar refractivity (Wildman–Crippen MR) is 79.2 cm³/mol. The lowest BCUT2D eigenvalue weighted by atomic mass is 10.1. The Balaban J connectivity index is 1.53. The number of nitrogens with zero attached hydrogens (tertiary/aromatic N) is 1. The van der Waals surface area contributed by atoms with Crippen molar-refractivity contribution in [2.24, 2.45) is 5.92 Å². The van der Waals surface area contributed by atoms with E-state index in [1.807, 2.05) is 18.2 Å². The molecule has 100 valence electrons. The number of aliphatic hydroxyl groups is 1. The minimum Gasteiger partial charge on any atom is -0.393 e. The zero-order valence-corrected chi connectivity index (χ0v) is 11.8. The third-order valence-electron chi connectivity index (χ3n) is 3.68. The van der Waals surface area contributed by atoms with E-state index in [1.165, 1.54) is 23.4 Å². The number of rotatable bonds is 6. The molecule has 1 saturated carbocycles. The highest BCUT2D eigenvalue weighted by Crippen LogP contribution is 2.34. The van der Waals surface area contributed by atoms with Crippen LogP contribution >= 0.6 is 11.3 Å². The fraction of sp³-hybridized carbons (Fsp3) is 0.438. The first-order valence-electron chi connectivity index (χ1n) is 7.01. The molecular formula is C16H19NOS. The molecule has 1 unspecified atom stereocenters.